The Morgan fingerprint density at radius 1 is 0.900 bits per heavy atom. The number of hydrogen-bond acceptors (Lipinski definition) is 14. The second kappa shape index (κ2) is 20.0. The van der Waals surface area contributed by atoms with E-state index in [2.05, 4.69) is 46.5 Å². The summed E-state index contributed by atoms with van der Waals surface area (Å²) in [5.74, 6) is -2.69. The number of ether oxygens (including phenoxy) is 1. The number of phenols is 1. The summed E-state index contributed by atoms with van der Waals surface area (Å²) >= 11 is 0. The first-order chi connectivity index (χ1) is 28.2. The van der Waals surface area contributed by atoms with Gasteiger partial charge in [-0.25, -0.2) is 14.8 Å². The molecule has 0 aliphatic rings. The standard InChI is InChI=1S/C40H52N12O8/c1-21(2)30(49-39(59)60-40(5,6)7)37(58)46-23(4)34(55)48-25-12-15-28(29(54)17-25)36(57)43-16-8-9-22(3)45-35(56)24-10-13-27(14-11-24)52(20-53)19-26-18-44-33-31(47-26)32(41)50-38(42)51-33/h10-15,17-18,20-23,30,54H,8-9,16,19H2,1-7H3,(H,43,57)(H,45,56)(H,46,58)(H,48,55)(H,49,59)(H4,41,42,44,50,51)/t22-,23+,30+/m1/s1. The molecule has 0 saturated heterocycles. The zero-order chi connectivity index (χ0) is 44.3. The van der Waals surface area contributed by atoms with Gasteiger partial charge in [0.05, 0.1) is 24.0 Å². The van der Waals surface area contributed by atoms with Crippen LogP contribution in [0, 0.1) is 5.92 Å². The van der Waals surface area contributed by atoms with Gasteiger partial charge < -0.3 is 52.8 Å². The average Bonchev–Trinajstić information content (AvgIpc) is 3.17. The summed E-state index contributed by atoms with van der Waals surface area (Å²) < 4.78 is 5.24. The van der Waals surface area contributed by atoms with Gasteiger partial charge in [-0.15, -0.1) is 0 Å². The first-order valence-corrected chi connectivity index (χ1v) is 19.1. The van der Waals surface area contributed by atoms with E-state index in [0.717, 1.165) is 0 Å². The lowest BCUT2D eigenvalue weighted by molar-refractivity contribution is -0.128. The highest BCUT2D eigenvalue weighted by Gasteiger charge is 2.29. The molecule has 60 heavy (non-hydrogen) atoms. The van der Waals surface area contributed by atoms with E-state index in [1.165, 1.54) is 36.2 Å². The third kappa shape index (κ3) is 12.9. The fourth-order valence-electron chi connectivity index (χ4n) is 5.70. The number of amides is 6. The van der Waals surface area contributed by atoms with Gasteiger partial charge in [0.15, 0.2) is 17.0 Å². The van der Waals surface area contributed by atoms with Gasteiger partial charge in [-0.2, -0.15) is 9.97 Å². The molecule has 0 radical (unpaired) electrons. The molecule has 20 heteroatoms. The van der Waals surface area contributed by atoms with Crippen LogP contribution in [0.3, 0.4) is 0 Å². The third-order valence-electron chi connectivity index (χ3n) is 8.78. The van der Waals surface area contributed by atoms with Crippen molar-refractivity contribution in [2.24, 2.45) is 5.92 Å². The van der Waals surface area contributed by atoms with Crippen LogP contribution >= 0.6 is 0 Å². The monoisotopic (exact) mass is 828 g/mol. The number of anilines is 4. The van der Waals surface area contributed by atoms with Crippen molar-refractivity contribution in [2.45, 2.75) is 91.6 Å². The molecular formula is C40H52N12O8. The summed E-state index contributed by atoms with van der Waals surface area (Å²) in [7, 11) is 0. The van der Waals surface area contributed by atoms with Crippen molar-refractivity contribution >= 4 is 70.4 Å². The first-order valence-electron chi connectivity index (χ1n) is 19.1. The second-order valence-corrected chi connectivity index (χ2v) is 15.4. The minimum Gasteiger partial charge on any atom is -0.507 e. The fourth-order valence-corrected chi connectivity index (χ4v) is 5.70. The highest BCUT2D eigenvalue weighted by Crippen LogP contribution is 2.23. The van der Waals surface area contributed by atoms with Crippen LogP contribution < -0.4 is 43.0 Å². The zero-order valence-corrected chi connectivity index (χ0v) is 34.5. The first kappa shape index (κ1) is 45.6. The highest BCUT2D eigenvalue weighted by molar-refractivity contribution is 6.00. The largest absolute Gasteiger partial charge is 0.507 e. The lowest BCUT2D eigenvalue weighted by atomic mass is 10.0. The number of fused-ring (bicyclic) bond motifs is 1. The number of carbonyl (C=O) groups excluding carboxylic acids is 6. The molecule has 4 aromatic rings. The van der Waals surface area contributed by atoms with Crippen LogP contribution in [-0.2, 0) is 25.7 Å². The van der Waals surface area contributed by atoms with Crippen LogP contribution in [0.2, 0.25) is 0 Å². The number of nitrogens with zero attached hydrogens (tertiary/aromatic N) is 5. The number of aromatic nitrogens is 4. The van der Waals surface area contributed by atoms with E-state index in [1.54, 1.807) is 58.9 Å². The number of alkyl carbamates (subject to hydrolysis) is 1. The van der Waals surface area contributed by atoms with Gasteiger partial charge in [0, 0.05) is 35.6 Å². The number of rotatable bonds is 17. The molecule has 0 bridgehead atoms. The summed E-state index contributed by atoms with van der Waals surface area (Å²) in [4.78, 5) is 93.6. The van der Waals surface area contributed by atoms with Crippen molar-refractivity contribution in [1.82, 2.24) is 41.2 Å². The maximum atomic E-state index is 12.9. The fraction of sp³-hybridized carbons (Fsp3) is 0.400. The van der Waals surface area contributed by atoms with Gasteiger partial charge in [-0.1, -0.05) is 13.8 Å². The molecule has 0 aliphatic carbocycles. The SMILES string of the molecule is CC(C)[C@H](NC(=O)OC(C)(C)C)C(=O)N[C@@H](C)C(=O)Nc1ccc(C(=O)NCCC[C@@H](C)NC(=O)c2ccc(N(C=O)Cc3cnc4nc(N)nc(N)c4n3)cc2)c(O)c1. The number of hydrogen-bond donors (Lipinski definition) is 8. The summed E-state index contributed by atoms with van der Waals surface area (Å²) in [6.07, 6.45) is 2.36. The molecule has 2 heterocycles. The Hall–Kier alpha value is -7.12. The number of nitrogens with one attached hydrogen (secondary N) is 5. The van der Waals surface area contributed by atoms with Crippen LogP contribution in [0.1, 0.15) is 87.7 Å². The zero-order valence-electron chi connectivity index (χ0n) is 34.5. The summed E-state index contributed by atoms with van der Waals surface area (Å²) in [6.45, 7) is 12.2. The van der Waals surface area contributed by atoms with Crippen molar-refractivity contribution < 1.29 is 38.6 Å². The molecule has 320 valence electrons. The van der Waals surface area contributed by atoms with E-state index in [0.29, 0.717) is 36.2 Å². The molecule has 0 fully saturated rings. The molecule has 2 aromatic heterocycles. The topological polar surface area (TPSA) is 299 Å². The predicted molar refractivity (Wildman–Crippen MR) is 223 cm³/mol. The minimum absolute atomic E-state index is 0.0182. The summed E-state index contributed by atoms with van der Waals surface area (Å²) in [5, 5.41) is 23.9. The van der Waals surface area contributed by atoms with Crippen molar-refractivity contribution in [3.63, 3.8) is 0 Å². The Morgan fingerprint density at radius 3 is 2.23 bits per heavy atom. The Balaban J connectivity index is 1.20. The van der Waals surface area contributed by atoms with Crippen molar-refractivity contribution in [2.75, 3.05) is 28.2 Å². The van der Waals surface area contributed by atoms with E-state index < -0.39 is 41.5 Å². The Morgan fingerprint density at radius 2 is 1.60 bits per heavy atom. The molecular weight excluding hydrogens is 777 g/mol. The molecule has 0 aliphatic heterocycles. The van der Waals surface area contributed by atoms with E-state index >= 15 is 0 Å². The molecule has 2 aromatic carbocycles. The molecule has 0 unspecified atom stereocenters. The lowest BCUT2D eigenvalue weighted by Crippen LogP contribution is -2.54. The van der Waals surface area contributed by atoms with Gasteiger partial charge in [0.2, 0.25) is 24.2 Å². The highest BCUT2D eigenvalue weighted by atomic mass is 16.6. The van der Waals surface area contributed by atoms with Gasteiger partial charge in [-0.3, -0.25) is 24.0 Å². The Bertz CT molecular complexity index is 2210. The average molecular weight is 829 g/mol. The third-order valence-corrected chi connectivity index (χ3v) is 8.78. The maximum absolute atomic E-state index is 12.9. The molecule has 0 spiro atoms. The molecule has 0 saturated carbocycles. The van der Waals surface area contributed by atoms with Crippen LogP contribution in [0.4, 0.5) is 27.9 Å². The Labute approximate surface area is 346 Å². The van der Waals surface area contributed by atoms with E-state index in [9.17, 15) is 33.9 Å². The number of nitrogens with two attached hydrogens (primary N) is 2. The van der Waals surface area contributed by atoms with Crippen molar-refractivity contribution in [3.8, 4) is 5.75 Å². The molecule has 3 atom stereocenters. The second-order valence-electron chi connectivity index (χ2n) is 15.4. The normalized spacial score (nSPS) is 12.7. The van der Waals surface area contributed by atoms with Gasteiger partial charge in [0.1, 0.15) is 23.4 Å². The quantitative estimate of drug-likeness (QED) is 0.0561. The molecule has 4 rings (SSSR count). The molecule has 6 amide bonds. The van der Waals surface area contributed by atoms with Crippen molar-refractivity contribution in [3.05, 3.63) is 65.5 Å². The van der Waals surface area contributed by atoms with Gasteiger partial charge in [0.25, 0.3) is 11.8 Å². The lowest BCUT2D eigenvalue weighted by Gasteiger charge is -2.26. The molecule has 20 nitrogen and oxygen atoms in total. The van der Waals surface area contributed by atoms with E-state index in [4.69, 9.17) is 16.2 Å². The summed E-state index contributed by atoms with van der Waals surface area (Å²) in [6, 6.07) is 8.22. The number of nitrogen functional groups attached to an aromatic ring is 2. The number of aromatic hydroxyl groups is 1. The Kier molecular flexibility index (Phi) is 15.2. The van der Waals surface area contributed by atoms with E-state index in [1.807, 2.05) is 6.92 Å². The summed E-state index contributed by atoms with van der Waals surface area (Å²) in [5.41, 5.74) is 12.7. The van der Waals surface area contributed by atoms with E-state index in [-0.39, 0.29) is 70.9 Å². The molecule has 10 N–H and O–H groups in total. The number of benzene rings is 2. The number of phenolic OH excluding ortho intramolecular Hbond substituents is 1. The number of carbonyl (C=O) groups is 6. The van der Waals surface area contributed by atoms with Crippen LogP contribution in [0.5, 0.6) is 5.75 Å². The van der Waals surface area contributed by atoms with Crippen LogP contribution in [-0.4, -0.2) is 91.4 Å². The smallest absolute Gasteiger partial charge is 0.408 e. The van der Waals surface area contributed by atoms with Crippen molar-refractivity contribution in [1.29, 1.82) is 0 Å². The predicted octanol–water partition coefficient (Wildman–Crippen LogP) is 2.77. The maximum Gasteiger partial charge on any atom is 0.408 e. The van der Waals surface area contributed by atoms with Gasteiger partial charge in [-0.05, 0) is 89.8 Å². The van der Waals surface area contributed by atoms with Crippen LogP contribution in [0.25, 0.3) is 11.2 Å². The van der Waals surface area contributed by atoms with Crippen LogP contribution in [0.15, 0.2) is 48.7 Å². The minimum atomic E-state index is -1.01. The van der Waals surface area contributed by atoms with Gasteiger partial charge >= 0.3 is 6.09 Å².